The highest BCUT2D eigenvalue weighted by molar-refractivity contribution is 5.68. The minimum atomic E-state index is -5.12. The maximum Gasteiger partial charge on any atom is 0.419 e. The second-order valence-corrected chi connectivity index (χ2v) is 9.27. The van der Waals surface area contributed by atoms with Gasteiger partial charge in [-0.2, -0.15) is 13.2 Å². The van der Waals surface area contributed by atoms with Gasteiger partial charge in [0, 0.05) is 26.8 Å². The average molecular weight is 600 g/mol. The van der Waals surface area contributed by atoms with Gasteiger partial charge in [0.2, 0.25) is 12.4 Å². The highest BCUT2D eigenvalue weighted by Crippen LogP contribution is 2.41. The number of rotatable bonds is 10. The third kappa shape index (κ3) is 8.39. The molecule has 12 nitrogen and oxygen atoms in total. The van der Waals surface area contributed by atoms with E-state index in [4.69, 9.17) is 28.4 Å². The molecule has 42 heavy (non-hydrogen) atoms. The number of halogens is 3. The molecule has 2 aromatic rings. The van der Waals surface area contributed by atoms with Crippen LogP contribution >= 0.6 is 0 Å². The van der Waals surface area contributed by atoms with Crippen molar-refractivity contribution in [2.45, 2.75) is 70.7 Å². The number of hydrogen-bond acceptors (Lipinski definition) is 11. The zero-order valence-corrected chi connectivity index (χ0v) is 22.9. The summed E-state index contributed by atoms with van der Waals surface area (Å²) in [5.41, 5.74) is -0.749. The zero-order chi connectivity index (χ0) is 31.2. The van der Waals surface area contributed by atoms with E-state index in [1.165, 1.54) is 12.1 Å². The van der Waals surface area contributed by atoms with E-state index < -0.39 is 83.7 Å². The predicted octanol–water partition coefficient (Wildman–Crippen LogP) is 4.12. The topological polar surface area (TPSA) is 150 Å². The smallest absolute Gasteiger partial charge is 0.419 e. The number of hydrogen-bond donors (Lipinski definition) is 0. The summed E-state index contributed by atoms with van der Waals surface area (Å²) in [5.74, 6) is -2.50. The Balaban J connectivity index is 2.03. The number of ether oxygens (including phenoxy) is 6. The van der Waals surface area contributed by atoms with Crippen LogP contribution in [0.3, 0.4) is 0 Å². The highest BCUT2D eigenvalue weighted by atomic mass is 19.4. The van der Waals surface area contributed by atoms with Crippen LogP contribution in [0.15, 0.2) is 48.5 Å². The highest BCUT2D eigenvalue weighted by Gasteiger charge is 2.54. The van der Waals surface area contributed by atoms with Crippen LogP contribution in [0.25, 0.3) is 0 Å². The van der Waals surface area contributed by atoms with Crippen molar-refractivity contribution in [1.82, 2.24) is 0 Å². The Morgan fingerprint density at radius 2 is 1.45 bits per heavy atom. The standard InChI is InChI=1S/C27H28F3NO11/c1-14-9-11-18(12-10-14)41-26-24(40-17(4)34)23(39-16(3)33)22(38-15(2)32)21(42-26)13-37-25(27(28,29)30)19-7-5-6-8-20(19)31(35)36/h5-12,21-26H,13H2,1-4H3/t21-,22-,23+,24-,25?,26+/m1/s1. The van der Waals surface area contributed by atoms with Crippen molar-refractivity contribution in [2.24, 2.45) is 0 Å². The molecule has 0 saturated carbocycles. The molecule has 1 saturated heterocycles. The fraction of sp³-hybridized carbons (Fsp3) is 0.444. The molecular weight excluding hydrogens is 571 g/mol. The van der Waals surface area contributed by atoms with Crippen LogP contribution in [-0.4, -0.2) is 66.3 Å². The van der Waals surface area contributed by atoms with Gasteiger partial charge in [0.25, 0.3) is 5.69 Å². The van der Waals surface area contributed by atoms with Gasteiger partial charge >= 0.3 is 24.1 Å². The molecule has 1 fully saturated rings. The van der Waals surface area contributed by atoms with Gasteiger partial charge < -0.3 is 28.4 Å². The molecule has 1 heterocycles. The van der Waals surface area contributed by atoms with Crippen LogP contribution in [0.4, 0.5) is 18.9 Å². The Kier molecular flexibility index (Phi) is 10.5. The maximum absolute atomic E-state index is 14.1. The maximum atomic E-state index is 14.1. The van der Waals surface area contributed by atoms with E-state index in [0.717, 1.165) is 38.5 Å². The van der Waals surface area contributed by atoms with Crippen LogP contribution in [-0.2, 0) is 38.1 Å². The summed E-state index contributed by atoms with van der Waals surface area (Å²) in [6, 6.07) is 10.6. The van der Waals surface area contributed by atoms with Gasteiger partial charge in [-0.1, -0.05) is 29.8 Å². The zero-order valence-electron chi connectivity index (χ0n) is 22.9. The van der Waals surface area contributed by atoms with Gasteiger partial charge in [-0.15, -0.1) is 0 Å². The van der Waals surface area contributed by atoms with Crippen molar-refractivity contribution in [3.8, 4) is 5.75 Å². The van der Waals surface area contributed by atoms with Crippen LogP contribution in [0.1, 0.15) is 38.0 Å². The molecule has 15 heteroatoms. The largest absolute Gasteiger partial charge is 0.461 e. The Morgan fingerprint density at radius 1 is 0.905 bits per heavy atom. The summed E-state index contributed by atoms with van der Waals surface area (Å²) in [6.07, 6.45) is -15.9. The Bertz CT molecular complexity index is 1280. The van der Waals surface area contributed by atoms with Crippen molar-refractivity contribution in [3.05, 3.63) is 69.8 Å². The minimum Gasteiger partial charge on any atom is -0.461 e. The van der Waals surface area contributed by atoms with Gasteiger partial charge in [-0.05, 0) is 25.1 Å². The van der Waals surface area contributed by atoms with Crippen molar-refractivity contribution in [1.29, 1.82) is 0 Å². The number of nitro benzene ring substituents is 1. The molecule has 0 radical (unpaired) electrons. The van der Waals surface area contributed by atoms with Crippen LogP contribution in [0.5, 0.6) is 5.75 Å². The first-order valence-corrected chi connectivity index (χ1v) is 12.5. The summed E-state index contributed by atoms with van der Waals surface area (Å²) in [6.45, 7) is 3.88. The molecule has 2 aromatic carbocycles. The molecule has 1 aliphatic rings. The normalized spacial score (nSPS) is 22.9. The lowest BCUT2D eigenvalue weighted by molar-refractivity contribution is -0.387. The molecular formula is C27H28F3NO11. The van der Waals surface area contributed by atoms with E-state index in [1.807, 2.05) is 6.92 Å². The third-order valence-corrected chi connectivity index (χ3v) is 5.91. The third-order valence-electron chi connectivity index (χ3n) is 5.91. The number of esters is 3. The fourth-order valence-corrected chi connectivity index (χ4v) is 4.26. The molecule has 6 atom stereocenters. The molecule has 3 rings (SSSR count). The first kappa shape index (κ1) is 32.3. The first-order valence-electron chi connectivity index (χ1n) is 12.5. The number of nitro groups is 1. The van der Waals surface area contributed by atoms with E-state index in [0.29, 0.717) is 0 Å². The van der Waals surface area contributed by atoms with Crippen LogP contribution in [0.2, 0.25) is 0 Å². The van der Waals surface area contributed by atoms with Gasteiger partial charge in [0.05, 0.1) is 17.1 Å². The van der Waals surface area contributed by atoms with E-state index in [9.17, 15) is 37.7 Å². The summed E-state index contributed by atoms with van der Waals surface area (Å²) >= 11 is 0. The molecule has 1 unspecified atom stereocenters. The lowest BCUT2D eigenvalue weighted by Gasteiger charge is -2.44. The quantitative estimate of drug-likeness (QED) is 0.168. The van der Waals surface area contributed by atoms with E-state index in [-0.39, 0.29) is 5.75 Å². The van der Waals surface area contributed by atoms with Gasteiger partial charge in [-0.3, -0.25) is 24.5 Å². The van der Waals surface area contributed by atoms with E-state index >= 15 is 0 Å². The first-order chi connectivity index (χ1) is 19.7. The van der Waals surface area contributed by atoms with Crippen molar-refractivity contribution in [3.63, 3.8) is 0 Å². The number of carbonyl (C=O) groups excluding carboxylic acids is 3. The average Bonchev–Trinajstić information content (AvgIpc) is 2.88. The summed E-state index contributed by atoms with van der Waals surface area (Å²) < 4.78 is 75.2. The lowest BCUT2D eigenvalue weighted by Crippen LogP contribution is -2.63. The van der Waals surface area contributed by atoms with Gasteiger partial charge in [0.1, 0.15) is 11.9 Å². The number of para-hydroxylation sites is 1. The predicted molar refractivity (Wildman–Crippen MR) is 135 cm³/mol. The Labute approximate surface area is 237 Å². The number of carbonyl (C=O) groups is 3. The van der Waals surface area contributed by atoms with Gasteiger partial charge in [-0.25, -0.2) is 0 Å². The number of alkyl halides is 3. The number of aryl methyl sites for hydroxylation is 1. The molecule has 0 aliphatic carbocycles. The Hall–Kier alpha value is -4.24. The van der Waals surface area contributed by atoms with E-state index in [1.54, 1.807) is 24.3 Å². The summed E-state index contributed by atoms with van der Waals surface area (Å²) in [5, 5.41) is 11.4. The van der Waals surface area contributed by atoms with Crippen molar-refractivity contribution < 1.29 is 60.9 Å². The van der Waals surface area contributed by atoms with Crippen molar-refractivity contribution >= 4 is 23.6 Å². The number of benzene rings is 2. The second-order valence-electron chi connectivity index (χ2n) is 9.27. The molecule has 0 spiro atoms. The fourth-order valence-electron chi connectivity index (χ4n) is 4.26. The molecule has 0 N–H and O–H groups in total. The van der Waals surface area contributed by atoms with E-state index in [2.05, 4.69) is 0 Å². The number of nitrogens with zero attached hydrogens (tertiary/aromatic N) is 1. The lowest BCUT2D eigenvalue weighted by atomic mass is 9.97. The molecule has 228 valence electrons. The van der Waals surface area contributed by atoms with Gasteiger partial charge in [0.15, 0.2) is 18.3 Å². The van der Waals surface area contributed by atoms with Crippen molar-refractivity contribution in [2.75, 3.05) is 6.61 Å². The summed E-state index contributed by atoms with van der Waals surface area (Å²) in [4.78, 5) is 46.5. The monoisotopic (exact) mass is 599 g/mol. The van der Waals surface area contributed by atoms with Crippen LogP contribution in [0, 0.1) is 17.0 Å². The minimum absolute atomic E-state index is 0.197. The molecule has 0 aromatic heterocycles. The SMILES string of the molecule is CC(=O)O[C@@H]1[C@@H](OC(C)=O)[C@@H](Oc2ccc(C)cc2)O[C@H](COC(c2ccccc2[N+](=O)[O-])C(F)(F)F)[C@H]1OC(C)=O. The second kappa shape index (κ2) is 13.6. The molecule has 0 amide bonds. The van der Waals surface area contributed by atoms with Crippen LogP contribution < -0.4 is 4.74 Å². The molecule has 1 aliphatic heterocycles. The Morgan fingerprint density at radius 3 is 2.00 bits per heavy atom. The summed E-state index contributed by atoms with van der Waals surface area (Å²) in [7, 11) is 0. The molecule has 0 bridgehead atoms.